The molecule has 1 aliphatic rings. The van der Waals surface area contributed by atoms with Crippen LogP contribution in [0.1, 0.15) is 23.4 Å². The monoisotopic (exact) mass is 342 g/mol. The molecule has 2 heterocycles. The second-order valence-corrected chi connectivity index (χ2v) is 5.94. The highest BCUT2D eigenvalue weighted by Crippen LogP contribution is 2.28. The molecule has 0 saturated carbocycles. The molecule has 0 unspecified atom stereocenters. The molecule has 2 aromatic rings. The fraction of sp³-hybridized carbons (Fsp3) is 0.368. The van der Waals surface area contributed by atoms with Crippen molar-refractivity contribution in [1.29, 1.82) is 0 Å². The number of furan rings is 1. The molecule has 1 saturated heterocycles. The number of methoxy groups -OCH3 is 1. The number of carbonyl (C=O) groups is 2. The zero-order valence-corrected chi connectivity index (χ0v) is 14.3. The lowest BCUT2D eigenvalue weighted by Crippen LogP contribution is -2.48. The molecule has 1 amide bonds. The Morgan fingerprint density at radius 3 is 2.48 bits per heavy atom. The van der Waals surface area contributed by atoms with Crippen LogP contribution in [0.3, 0.4) is 0 Å². The van der Waals surface area contributed by atoms with Gasteiger partial charge in [-0.15, -0.1) is 0 Å². The largest absolute Gasteiger partial charge is 0.495 e. The molecule has 1 aromatic heterocycles. The standard InChI is InChI=1S/C19H22N2O4/c1-24-17-6-3-2-5-15(17)20-10-12-21(13-11-20)19(23)9-8-16(22)18-7-4-14-25-18/h2-7,14H,8-13H2,1H3. The Bertz CT molecular complexity index is 719. The van der Waals surface area contributed by atoms with E-state index >= 15 is 0 Å². The lowest BCUT2D eigenvalue weighted by atomic mass is 10.1. The average molecular weight is 342 g/mol. The number of carbonyl (C=O) groups excluding carboxylic acids is 2. The number of piperazine rings is 1. The van der Waals surface area contributed by atoms with Crippen LogP contribution in [0.4, 0.5) is 5.69 Å². The Kier molecular flexibility index (Phi) is 5.38. The van der Waals surface area contributed by atoms with Crippen LogP contribution in [0.2, 0.25) is 0 Å². The Hall–Kier alpha value is -2.76. The molecule has 0 radical (unpaired) electrons. The minimum Gasteiger partial charge on any atom is -0.495 e. The van der Waals surface area contributed by atoms with Gasteiger partial charge in [0, 0.05) is 39.0 Å². The molecule has 132 valence electrons. The van der Waals surface area contributed by atoms with Crippen LogP contribution >= 0.6 is 0 Å². The normalized spacial score (nSPS) is 14.4. The number of hydrogen-bond donors (Lipinski definition) is 0. The first-order valence-corrected chi connectivity index (χ1v) is 8.41. The van der Waals surface area contributed by atoms with E-state index in [1.165, 1.54) is 6.26 Å². The number of ether oxygens (including phenoxy) is 1. The first-order chi connectivity index (χ1) is 12.2. The van der Waals surface area contributed by atoms with Gasteiger partial charge in [-0.2, -0.15) is 0 Å². The summed E-state index contributed by atoms with van der Waals surface area (Å²) in [5.74, 6) is 1.03. The number of benzene rings is 1. The van der Waals surface area contributed by atoms with Gasteiger partial charge >= 0.3 is 0 Å². The van der Waals surface area contributed by atoms with Gasteiger partial charge in [0.05, 0.1) is 19.1 Å². The van der Waals surface area contributed by atoms with Crippen LogP contribution in [0.5, 0.6) is 5.75 Å². The maximum absolute atomic E-state index is 12.3. The summed E-state index contributed by atoms with van der Waals surface area (Å²) in [6.07, 6.45) is 1.86. The molecule has 0 atom stereocenters. The number of Topliss-reactive ketones (excluding diaryl/α,β-unsaturated/α-hetero) is 1. The maximum Gasteiger partial charge on any atom is 0.223 e. The third kappa shape index (κ3) is 4.02. The summed E-state index contributed by atoms with van der Waals surface area (Å²) < 4.78 is 10.5. The minimum absolute atomic E-state index is 0.0135. The number of rotatable bonds is 6. The quantitative estimate of drug-likeness (QED) is 0.755. The fourth-order valence-corrected chi connectivity index (χ4v) is 3.03. The summed E-state index contributed by atoms with van der Waals surface area (Å²) in [5.41, 5.74) is 1.05. The first-order valence-electron chi connectivity index (χ1n) is 8.41. The van der Waals surface area contributed by atoms with Gasteiger partial charge in [0.1, 0.15) is 5.75 Å². The van der Waals surface area contributed by atoms with Crippen molar-refractivity contribution in [3.63, 3.8) is 0 Å². The predicted octanol–water partition coefficient (Wildman–Crippen LogP) is 2.60. The number of nitrogens with zero attached hydrogens (tertiary/aromatic N) is 2. The molecule has 0 N–H and O–H groups in total. The van der Waals surface area contributed by atoms with Gasteiger partial charge < -0.3 is 19.0 Å². The van der Waals surface area contributed by atoms with E-state index in [2.05, 4.69) is 4.90 Å². The minimum atomic E-state index is -0.133. The molecule has 6 nitrogen and oxygen atoms in total. The summed E-state index contributed by atoms with van der Waals surface area (Å²) in [4.78, 5) is 28.3. The van der Waals surface area contributed by atoms with Gasteiger partial charge in [0.2, 0.25) is 5.91 Å². The van der Waals surface area contributed by atoms with Crippen molar-refractivity contribution in [2.24, 2.45) is 0 Å². The van der Waals surface area contributed by atoms with Gasteiger partial charge in [-0.3, -0.25) is 9.59 Å². The number of anilines is 1. The Balaban J connectivity index is 1.50. The van der Waals surface area contributed by atoms with E-state index in [-0.39, 0.29) is 24.5 Å². The smallest absolute Gasteiger partial charge is 0.223 e. The Morgan fingerprint density at radius 1 is 1.04 bits per heavy atom. The third-order valence-electron chi connectivity index (χ3n) is 4.42. The number of hydrogen-bond acceptors (Lipinski definition) is 5. The number of amides is 1. The predicted molar refractivity (Wildman–Crippen MR) is 94.1 cm³/mol. The zero-order chi connectivity index (χ0) is 17.6. The molecule has 1 aliphatic heterocycles. The molecule has 0 aliphatic carbocycles. The third-order valence-corrected chi connectivity index (χ3v) is 4.42. The molecule has 3 rings (SSSR count). The van der Waals surface area contributed by atoms with Crippen molar-refractivity contribution >= 4 is 17.4 Å². The SMILES string of the molecule is COc1ccccc1N1CCN(C(=O)CCC(=O)c2ccco2)CC1. The van der Waals surface area contributed by atoms with E-state index < -0.39 is 0 Å². The molecule has 0 spiro atoms. The van der Waals surface area contributed by atoms with Crippen LogP contribution < -0.4 is 9.64 Å². The van der Waals surface area contributed by atoms with Crippen LogP contribution in [-0.2, 0) is 4.79 Å². The highest BCUT2D eigenvalue weighted by atomic mass is 16.5. The molecule has 1 fully saturated rings. The Labute approximate surface area is 147 Å². The number of ketones is 1. The van der Waals surface area contributed by atoms with E-state index in [1.807, 2.05) is 29.2 Å². The van der Waals surface area contributed by atoms with Crippen LogP contribution in [-0.4, -0.2) is 49.9 Å². The molecule has 6 heteroatoms. The summed E-state index contributed by atoms with van der Waals surface area (Å²) >= 11 is 0. The molecular weight excluding hydrogens is 320 g/mol. The van der Waals surface area contributed by atoms with Gasteiger partial charge in [-0.25, -0.2) is 0 Å². The van der Waals surface area contributed by atoms with Crippen LogP contribution in [0.15, 0.2) is 47.1 Å². The molecule has 0 bridgehead atoms. The fourth-order valence-electron chi connectivity index (χ4n) is 3.03. The van der Waals surface area contributed by atoms with Crippen molar-refractivity contribution in [2.75, 3.05) is 38.2 Å². The Morgan fingerprint density at radius 2 is 1.80 bits per heavy atom. The van der Waals surface area contributed by atoms with E-state index in [1.54, 1.807) is 19.2 Å². The first kappa shape index (κ1) is 17.1. The van der Waals surface area contributed by atoms with Crippen LogP contribution in [0, 0.1) is 0 Å². The number of para-hydroxylation sites is 2. The van der Waals surface area contributed by atoms with Crippen molar-refractivity contribution in [3.05, 3.63) is 48.4 Å². The van der Waals surface area contributed by atoms with Crippen molar-refractivity contribution in [1.82, 2.24) is 4.90 Å². The van der Waals surface area contributed by atoms with Gasteiger partial charge in [-0.05, 0) is 24.3 Å². The summed E-state index contributed by atoms with van der Waals surface area (Å²) in [6.45, 7) is 2.79. The second-order valence-electron chi connectivity index (χ2n) is 5.94. The van der Waals surface area contributed by atoms with E-state index in [0.717, 1.165) is 24.5 Å². The lowest BCUT2D eigenvalue weighted by Gasteiger charge is -2.36. The zero-order valence-electron chi connectivity index (χ0n) is 14.3. The molecular formula is C19H22N2O4. The highest BCUT2D eigenvalue weighted by molar-refractivity contribution is 5.95. The van der Waals surface area contributed by atoms with Crippen molar-refractivity contribution < 1.29 is 18.7 Å². The topological polar surface area (TPSA) is 63.0 Å². The van der Waals surface area contributed by atoms with Gasteiger partial charge in [0.25, 0.3) is 0 Å². The summed E-state index contributed by atoms with van der Waals surface area (Å²) in [6, 6.07) is 11.2. The second kappa shape index (κ2) is 7.88. The molecule has 1 aromatic carbocycles. The summed E-state index contributed by atoms with van der Waals surface area (Å²) in [7, 11) is 1.66. The van der Waals surface area contributed by atoms with E-state index in [4.69, 9.17) is 9.15 Å². The highest BCUT2D eigenvalue weighted by Gasteiger charge is 2.23. The van der Waals surface area contributed by atoms with E-state index in [9.17, 15) is 9.59 Å². The van der Waals surface area contributed by atoms with E-state index in [0.29, 0.717) is 18.8 Å². The molecule has 25 heavy (non-hydrogen) atoms. The lowest BCUT2D eigenvalue weighted by molar-refractivity contribution is -0.131. The van der Waals surface area contributed by atoms with Crippen molar-refractivity contribution in [3.8, 4) is 5.75 Å². The van der Waals surface area contributed by atoms with Gasteiger partial charge in [0.15, 0.2) is 11.5 Å². The van der Waals surface area contributed by atoms with Crippen molar-refractivity contribution in [2.45, 2.75) is 12.8 Å². The van der Waals surface area contributed by atoms with Crippen LogP contribution in [0.25, 0.3) is 0 Å². The maximum atomic E-state index is 12.3. The summed E-state index contributed by atoms with van der Waals surface area (Å²) in [5, 5.41) is 0. The average Bonchev–Trinajstić information content (AvgIpc) is 3.21. The van der Waals surface area contributed by atoms with Gasteiger partial charge in [-0.1, -0.05) is 12.1 Å².